The summed E-state index contributed by atoms with van der Waals surface area (Å²) in [4.78, 5) is 6.95. The number of aromatic nitrogens is 1. The molecule has 0 spiro atoms. The molecule has 106 valence electrons. The first kappa shape index (κ1) is 14.5. The number of ether oxygens (including phenoxy) is 1. The third kappa shape index (κ3) is 3.77. The lowest BCUT2D eigenvalue weighted by atomic mass is 9.82. The van der Waals surface area contributed by atoms with E-state index in [2.05, 4.69) is 45.0 Å². The van der Waals surface area contributed by atoms with Crippen molar-refractivity contribution in [1.82, 2.24) is 9.88 Å². The quantitative estimate of drug-likeness (QED) is 0.834. The predicted octanol–water partition coefficient (Wildman–Crippen LogP) is 2.98. The highest BCUT2D eigenvalue weighted by molar-refractivity contribution is 5.27. The molecule has 0 aromatic carbocycles. The third-order valence-corrected chi connectivity index (χ3v) is 4.08. The summed E-state index contributed by atoms with van der Waals surface area (Å²) in [7, 11) is 4.21. The Morgan fingerprint density at radius 1 is 1.32 bits per heavy atom. The van der Waals surface area contributed by atoms with Gasteiger partial charge in [0.25, 0.3) is 0 Å². The van der Waals surface area contributed by atoms with Gasteiger partial charge in [-0.25, -0.2) is 0 Å². The molecule has 0 radical (unpaired) electrons. The van der Waals surface area contributed by atoms with Crippen molar-refractivity contribution < 1.29 is 4.74 Å². The second kappa shape index (κ2) is 6.49. The highest BCUT2D eigenvalue weighted by Gasteiger charge is 2.24. The molecule has 2 heterocycles. The van der Waals surface area contributed by atoms with Crippen molar-refractivity contribution in [3.05, 3.63) is 29.1 Å². The normalized spacial score (nSPS) is 18.8. The fourth-order valence-electron chi connectivity index (χ4n) is 2.93. The Hall–Kier alpha value is -0.930. The molecular weight excluding hydrogens is 236 g/mol. The van der Waals surface area contributed by atoms with Crippen LogP contribution in [0.2, 0.25) is 0 Å². The van der Waals surface area contributed by atoms with Crippen molar-refractivity contribution in [2.45, 2.75) is 39.2 Å². The number of hydrogen-bond donors (Lipinski definition) is 0. The topological polar surface area (TPSA) is 25.4 Å². The first-order valence-electron chi connectivity index (χ1n) is 7.27. The molecule has 1 aliphatic heterocycles. The molecule has 1 aromatic heterocycles. The monoisotopic (exact) mass is 262 g/mol. The molecule has 2 rings (SSSR count). The van der Waals surface area contributed by atoms with Crippen LogP contribution in [0.15, 0.2) is 12.1 Å². The summed E-state index contributed by atoms with van der Waals surface area (Å²) in [5.74, 6) is 1.31. The molecule has 1 fully saturated rings. The average molecular weight is 262 g/mol. The Morgan fingerprint density at radius 3 is 2.63 bits per heavy atom. The van der Waals surface area contributed by atoms with Crippen LogP contribution in [0.5, 0.6) is 0 Å². The van der Waals surface area contributed by atoms with Gasteiger partial charge in [-0.15, -0.1) is 0 Å². The van der Waals surface area contributed by atoms with Gasteiger partial charge in [0.2, 0.25) is 0 Å². The lowest BCUT2D eigenvalue weighted by Gasteiger charge is -2.29. The van der Waals surface area contributed by atoms with E-state index in [9.17, 15) is 0 Å². The second-order valence-corrected chi connectivity index (χ2v) is 5.96. The van der Waals surface area contributed by atoms with Crippen LogP contribution in [0, 0.1) is 12.8 Å². The summed E-state index contributed by atoms with van der Waals surface area (Å²) >= 11 is 0. The van der Waals surface area contributed by atoms with Gasteiger partial charge in [0.1, 0.15) is 0 Å². The molecule has 19 heavy (non-hydrogen) atoms. The van der Waals surface area contributed by atoms with Gasteiger partial charge in [-0.05, 0) is 57.3 Å². The molecule has 0 N–H and O–H groups in total. The largest absolute Gasteiger partial charge is 0.381 e. The van der Waals surface area contributed by atoms with Crippen LogP contribution in [0.3, 0.4) is 0 Å². The molecular formula is C16H26N2O. The maximum Gasteiger partial charge on any atom is 0.0581 e. The molecule has 3 nitrogen and oxygen atoms in total. The summed E-state index contributed by atoms with van der Waals surface area (Å²) in [5, 5.41) is 0. The number of rotatable bonds is 4. The van der Waals surface area contributed by atoms with Gasteiger partial charge in [0, 0.05) is 25.5 Å². The Bertz CT molecular complexity index is 411. The number of hydrogen-bond acceptors (Lipinski definition) is 3. The van der Waals surface area contributed by atoms with Gasteiger partial charge < -0.3 is 9.64 Å². The number of nitrogens with zero attached hydrogens (tertiary/aromatic N) is 2. The minimum Gasteiger partial charge on any atom is -0.381 e. The maximum absolute atomic E-state index is 5.48. The van der Waals surface area contributed by atoms with Crippen molar-refractivity contribution in [2.24, 2.45) is 5.92 Å². The molecule has 1 atom stereocenters. The Labute approximate surface area is 117 Å². The zero-order valence-corrected chi connectivity index (χ0v) is 12.6. The molecule has 1 aromatic rings. The lowest BCUT2D eigenvalue weighted by molar-refractivity contribution is 0.0594. The SMILES string of the molecule is Cc1ccc(C(C)C2CCOCC2)c(CN(C)C)n1. The van der Waals surface area contributed by atoms with Gasteiger partial charge in [-0.2, -0.15) is 0 Å². The summed E-state index contributed by atoms with van der Waals surface area (Å²) in [6.45, 7) is 7.17. The van der Waals surface area contributed by atoms with Gasteiger partial charge in [-0.1, -0.05) is 13.0 Å². The Kier molecular flexibility index (Phi) is 4.94. The van der Waals surface area contributed by atoms with E-state index in [0.717, 1.165) is 31.4 Å². The highest BCUT2D eigenvalue weighted by atomic mass is 16.5. The van der Waals surface area contributed by atoms with Crippen LogP contribution < -0.4 is 0 Å². The molecule has 3 heteroatoms. The fraction of sp³-hybridized carbons (Fsp3) is 0.688. The van der Waals surface area contributed by atoms with Gasteiger partial charge in [-0.3, -0.25) is 4.98 Å². The maximum atomic E-state index is 5.48. The van der Waals surface area contributed by atoms with Crippen LogP contribution in [0.25, 0.3) is 0 Å². The minimum absolute atomic E-state index is 0.576. The zero-order chi connectivity index (χ0) is 13.8. The fourth-order valence-corrected chi connectivity index (χ4v) is 2.93. The van der Waals surface area contributed by atoms with Gasteiger partial charge in [0.15, 0.2) is 0 Å². The van der Waals surface area contributed by atoms with E-state index in [1.807, 2.05) is 0 Å². The van der Waals surface area contributed by atoms with E-state index in [1.165, 1.54) is 24.1 Å². The van der Waals surface area contributed by atoms with Crippen LogP contribution in [0.4, 0.5) is 0 Å². The van der Waals surface area contributed by atoms with E-state index in [4.69, 9.17) is 9.72 Å². The van der Waals surface area contributed by atoms with Crippen LogP contribution in [-0.2, 0) is 11.3 Å². The summed E-state index contributed by atoms with van der Waals surface area (Å²) in [6.07, 6.45) is 2.35. The first-order chi connectivity index (χ1) is 9.08. The molecule has 0 saturated carbocycles. The highest BCUT2D eigenvalue weighted by Crippen LogP contribution is 2.33. The van der Waals surface area contributed by atoms with Crippen molar-refractivity contribution >= 4 is 0 Å². The number of aryl methyl sites for hydroxylation is 1. The van der Waals surface area contributed by atoms with E-state index in [-0.39, 0.29) is 0 Å². The third-order valence-electron chi connectivity index (χ3n) is 4.08. The average Bonchev–Trinajstić information content (AvgIpc) is 2.38. The van der Waals surface area contributed by atoms with Crippen LogP contribution in [-0.4, -0.2) is 37.2 Å². The smallest absolute Gasteiger partial charge is 0.0581 e. The molecule has 1 unspecified atom stereocenters. The molecule has 0 bridgehead atoms. The second-order valence-electron chi connectivity index (χ2n) is 5.96. The molecule has 1 aliphatic rings. The van der Waals surface area contributed by atoms with Crippen molar-refractivity contribution in [2.75, 3.05) is 27.3 Å². The van der Waals surface area contributed by atoms with E-state index >= 15 is 0 Å². The molecule has 1 saturated heterocycles. The van der Waals surface area contributed by atoms with E-state index in [1.54, 1.807) is 0 Å². The first-order valence-corrected chi connectivity index (χ1v) is 7.27. The molecule has 0 aliphatic carbocycles. The Balaban J connectivity index is 2.21. The standard InChI is InChI=1S/C16H26N2O/c1-12-5-6-15(16(17-12)11-18(3)4)13(2)14-7-9-19-10-8-14/h5-6,13-14H,7-11H2,1-4H3. The van der Waals surface area contributed by atoms with Crippen molar-refractivity contribution in [3.8, 4) is 0 Å². The number of pyridine rings is 1. The molecule has 0 amide bonds. The van der Waals surface area contributed by atoms with E-state index < -0.39 is 0 Å². The summed E-state index contributed by atoms with van der Waals surface area (Å²) in [5.41, 5.74) is 3.77. The minimum atomic E-state index is 0.576. The summed E-state index contributed by atoms with van der Waals surface area (Å²) < 4.78 is 5.48. The Morgan fingerprint density at radius 2 is 2.00 bits per heavy atom. The predicted molar refractivity (Wildman–Crippen MR) is 78.3 cm³/mol. The van der Waals surface area contributed by atoms with Gasteiger partial charge >= 0.3 is 0 Å². The van der Waals surface area contributed by atoms with E-state index in [0.29, 0.717) is 5.92 Å². The van der Waals surface area contributed by atoms with Crippen molar-refractivity contribution in [1.29, 1.82) is 0 Å². The van der Waals surface area contributed by atoms with Crippen LogP contribution >= 0.6 is 0 Å². The summed E-state index contributed by atoms with van der Waals surface area (Å²) in [6, 6.07) is 4.42. The zero-order valence-electron chi connectivity index (χ0n) is 12.6. The van der Waals surface area contributed by atoms with Crippen LogP contribution in [0.1, 0.15) is 42.6 Å². The van der Waals surface area contributed by atoms with Crippen molar-refractivity contribution in [3.63, 3.8) is 0 Å². The lowest BCUT2D eigenvalue weighted by Crippen LogP contribution is -2.23. The van der Waals surface area contributed by atoms with Gasteiger partial charge in [0.05, 0.1) is 5.69 Å².